The second-order valence-corrected chi connectivity index (χ2v) is 9.89. The predicted octanol–water partition coefficient (Wildman–Crippen LogP) is 5.35. The number of rotatable bonds is 6. The van der Waals surface area contributed by atoms with E-state index in [0.717, 1.165) is 27.8 Å². The van der Waals surface area contributed by atoms with Gasteiger partial charge >= 0.3 is 0 Å². The predicted molar refractivity (Wildman–Crippen MR) is 141 cm³/mol. The Morgan fingerprint density at radius 1 is 0.971 bits per heavy atom. The number of hydrogen-bond donors (Lipinski definition) is 1. The number of anilines is 1. The minimum Gasteiger partial charge on any atom is -0.347 e. The third-order valence-corrected chi connectivity index (χ3v) is 7.35. The van der Waals surface area contributed by atoms with Gasteiger partial charge in [-0.3, -0.25) is 14.5 Å². The van der Waals surface area contributed by atoms with Crippen molar-refractivity contribution < 1.29 is 9.59 Å². The van der Waals surface area contributed by atoms with Crippen molar-refractivity contribution in [3.63, 3.8) is 0 Å². The van der Waals surface area contributed by atoms with Gasteiger partial charge in [-0.2, -0.15) is 5.26 Å². The van der Waals surface area contributed by atoms with Crippen LogP contribution in [0.5, 0.6) is 0 Å². The first-order chi connectivity index (χ1) is 16.9. The van der Waals surface area contributed by atoms with Gasteiger partial charge in [-0.05, 0) is 61.6 Å². The monoisotopic (exact) mass is 481 g/mol. The van der Waals surface area contributed by atoms with Gasteiger partial charge in [-0.1, -0.05) is 78.0 Å². The molecule has 0 saturated carbocycles. The zero-order chi connectivity index (χ0) is 24.9. The summed E-state index contributed by atoms with van der Waals surface area (Å²) in [7, 11) is 0. The Hall–Kier alpha value is -3.82. The maximum atomic E-state index is 13.6. The second kappa shape index (κ2) is 10.6. The van der Waals surface area contributed by atoms with E-state index >= 15 is 0 Å². The zero-order valence-corrected chi connectivity index (χ0v) is 20.9. The number of nitrogens with one attached hydrogen (secondary N) is 1. The highest BCUT2D eigenvalue weighted by Gasteiger charge is 2.40. The molecule has 5 nitrogen and oxygen atoms in total. The molecule has 1 heterocycles. The molecular formula is C29H27N3O2S. The average molecular weight is 482 g/mol. The molecule has 0 aliphatic carbocycles. The van der Waals surface area contributed by atoms with Crippen LogP contribution in [0.1, 0.15) is 27.8 Å². The van der Waals surface area contributed by atoms with Gasteiger partial charge in [0.1, 0.15) is 16.7 Å². The number of benzene rings is 3. The lowest BCUT2D eigenvalue weighted by atomic mass is 10.1. The van der Waals surface area contributed by atoms with E-state index in [9.17, 15) is 14.9 Å². The molecule has 0 aromatic heterocycles. The Kier molecular flexibility index (Phi) is 7.38. The van der Waals surface area contributed by atoms with Crippen molar-refractivity contribution in [1.82, 2.24) is 5.32 Å². The molecule has 1 fully saturated rings. The van der Waals surface area contributed by atoms with Crippen molar-refractivity contribution in [2.24, 2.45) is 0 Å². The molecule has 1 saturated heterocycles. The molecular weight excluding hydrogens is 454 g/mol. The van der Waals surface area contributed by atoms with Crippen LogP contribution < -0.4 is 10.2 Å². The van der Waals surface area contributed by atoms with Gasteiger partial charge in [0.15, 0.2) is 0 Å². The fraction of sp³-hybridized carbons (Fsp3) is 0.207. The normalized spacial score (nSPS) is 16.7. The standard InChI is InChI=1S/C29H27N3O2S/c1-19-9-12-22(13-10-19)16-26-28(34)32(24-14-11-20(2)21(3)15-24)29(35-26)25(17-30)27(33)31-18-23-7-5-4-6-8-23/h4-15,26H,16,18H2,1-3H3,(H,31,33)/b29-25-. The molecule has 2 amide bonds. The van der Waals surface area contributed by atoms with Gasteiger partial charge < -0.3 is 5.32 Å². The largest absolute Gasteiger partial charge is 0.347 e. The van der Waals surface area contributed by atoms with Crippen LogP contribution in [0.15, 0.2) is 83.4 Å². The summed E-state index contributed by atoms with van der Waals surface area (Å²) in [5.74, 6) is -0.617. The van der Waals surface area contributed by atoms with Crippen LogP contribution in [0, 0.1) is 32.1 Å². The molecule has 1 atom stereocenters. The third-order valence-electron chi connectivity index (χ3n) is 6.09. The molecule has 3 aromatic rings. The first-order valence-electron chi connectivity index (χ1n) is 11.5. The number of thioether (sulfide) groups is 1. The van der Waals surface area contributed by atoms with E-state index in [1.807, 2.05) is 93.6 Å². The van der Waals surface area contributed by atoms with Gasteiger partial charge in [0, 0.05) is 12.2 Å². The van der Waals surface area contributed by atoms with Gasteiger partial charge in [0.05, 0.1) is 5.25 Å². The SMILES string of the molecule is Cc1ccc(CC2S/C(=C(/C#N)C(=O)NCc3ccccc3)N(c3ccc(C)c(C)c3)C2=O)cc1. The van der Waals surface area contributed by atoms with Crippen molar-refractivity contribution in [3.05, 3.63) is 111 Å². The number of carbonyl (C=O) groups excluding carboxylic acids is 2. The van der Waals surface area contributed by atoms with E-state index in [-0.39, 0.29) is 11.5 Å². The molecule has 4 rings (SSSR count). The maximum Gasteiger partial charge on any atom is 0.264 e. The summed E-state index contributed by atoms with van der Waals surface area (Å²) in [6, 6.07) is 25.4. The zero-order valence-electron chi connectivity index (χ0n) is 20.0. The summed E-state index contributed by atoms with van der Waals surface area (Å²) in [5.41, 5.74) is 5.87. The summed E-state index contributed by atoms with van der Waals surface area (Å²) in [5, 5.41) is 12.8. The Morgan fingerprint density at radius 2 is 1.69 bits per heavy atom. The molecule has 6 heteroatoms. The molecule has 1 aliphatic heterocycles. The van der Waals surface area contributed by atoms with E-state index in [2.05, 4.69) is 11.4 Å². The van der Waals surface area contributed by atoms with Crippen LogP contribution in [0.25, 0.3) is 0 Å². The highest BCUT2D eigenvalue weighted by atomic mass is 32.2. The van der Waals surface area contributed by atoms with Crippen molar-refractivity contribution in [3.8, 4) is 6.07 Å². The van der Waals surface area contributed by atoms with E-state index < -0.39 is 11.2 Å². The summed E-state index contributed by atoms with van der Waals surface area (Å²) in [4.78, 5) is 28.3. The highest BCUT2D eigenvalue weighted by molar-refractivity contribution is 8.05. The Morgan fingerprint density at radius 3 is 2.34 bits per heavy atom. The molecule has 0 spiro atoms. The first-order valence-corrected chi connectivity index (χ1v) is 12.3. The second-order valence-electron chi connectivity index (χ2n) is 8.70. The highest BCUT2D eigenvalue weighted by Crippen LogP contribution is 2.42. The lowest BCUT2D eigenvalue weighted by molar-refractivity contribution is -0.117. The van der Waals surface area contributed by atoms with Crippen molar-refractivity contribution >= 4 is 29.3 Å². The minimum atomic E-state index is -0.489. The van der Waals surface area contributed by atoms with E-state index in [1.54, 1.807) is 0 Å². The van der Waals surface area contributed by atoms with Gasteiger partial charge in [-0.25, -0.2) is 0 Å². The number of nitrogens with zero attached hydrogens (tertiary/aromatic N) is 2. The van der Waals surface area contributed by atoms with Gasteiger partial charge in [0.25, 0.3) is 5.91 Å². The number of hydrogen-bond acceptors (Lipinski definition) is 4. The van der Waals surface area contributed by atoms with Crippen LogP contribution in [0.3, 0.4) is 0 Å². The molecule has 176 valence electrons. The van der Waals surface area contributed by atoms with E-state index in [4.69, 9.17) is 0 Å². The lowest BCUT2D eigenvalue weighted by Gasteiger charge is -2.20. The molecule has 1 N–H and O–H groups in total. The van der Waals surface area contributed by atoms with Crippen LogP contribution >= 0.6 is 11.8 Å². The van der Waals surface area contributed by atoms with Crippen molar-refractivity contribution in [2.45, 2.75) is 39.0 Å². The smallest absolute Gasteiger partial charge is 0.264 e. The molecule has 0 bridgehead atoms. The van der Waals surface area contributed by atoms with Crippen LogP contribution in [0.4, 0.5) is 5.69 Å². The maximum absolute atomic E-state index is 13.6. The number of amides is 2. The van der Waals surface area contributed by atoms with E-state index in [1.165, 1.54) is 16.7 Å². The summed E-state index contributed by atoms with van der Waals surface area (Å²) in [6.07, 6.45) is 0.513. The number of aryl methyl sites for hydroxylation is 3. The average Bonchev–Trinajstić information content (AvgIpc) is 3.17. The lowest BCUT2D eigenvalue weighted by Crippen LogP contribution is -2.32. The molecule has 1 aliphatic rings. The van der Waals surface area contributed by atoms with Crippen LogP contribution in [-0.2, 0) is 22.6 Å². The minimum absolute atomic E-state index is 0.0519. The fourth-order valence-corrected chi connectivity index (χ4v) is 5.20. The van der Waals surface area contributed by atoms with Gasteiger partial charge in [0.2, 0.25) is 5.91 Å². The number of nitriles is 1. The molecule has 3 aromatic carbocycles. The topological polar surface area (TPSA) is 73.2 Å². The molecule has 35 heavy (non-hydrogen) atoms. The molecule has 0 radical (unpaired) electrons. The summed E-state index contributed by atoms with van der Waals surface area (Å²) in [6.45, 7) is 6.31. The Bertz CT molecular complexity index is 1320. The van der Waals surface area contributed by atoms with E-state index in [0.29, 0.717) is 23.7 Å². The van der Waals surface area contributed by atoms with Crippen LogP contribution in [0.2, 0.25) is 0 Å². The molecule has 1 unspecified atom stereocenters. The van der Waals surface area contributed by atoms with Gasteiger partial charge in [-0.15, -0.1) is 0 Å². The van der Waals surface area contributed by atoms with Crippen molar-refractivity contribution in [2.75, 3.05) is 4.90 Å². The van der Waals surface area contributed by atoms with Crippen molar-refractivity contribution in [1.29, 1.82) is 5.26 Å². The Labute approximate surface area is 210 Å². The first kappa shape index (κ1) is 24.3. The third kappa shape index (κ3) is 5.47. The Balaban J connectivity index is 1.69. The number of carbonyl (C=O) groups is 2. The van der Waals surface area contributed by atoms with Crippen LogP contribution in [-0.4, -0.2) is 17.1 Å². The quantitative estimate of drug-likeness (QED) is 0.380. The fourth-order valence-electron chi connectivity index (χ4n) is 3.89. The summed E-state index contributed by atoms with van der Waals surface area (Å²) >= 11 is 1.29. The summed E-state index contributed by atoms with van der Waals surface area (Å²) < 4.78 is 0.